The second kappa shape index (κ2) is 5.64. The average molecular weight is 226 g/mol. The van der Waals surface area contributed by atoms with E-state index in [0.29, 0.717) is 18.9 Å². The minimum absolute atomic E-state index is 0.243. The van der Waals surface area contributed by atoms with Crippen molar-refractivity contribution in [1.29, 1.82) is 0 Å². The first-order chi connectivity index (χ1) is 7.77. The third kappa shape index (κ3) is 2.95. The number of carbonyl (C=O) groups is 1. The normalized spacial score (nSPS) is 31.4. The van der Waals surface area contributed by atoms with Gasteiger partial charge in [-0.05, 0) is 25.2 Å². The third-order valence-corrected chi connectivity index (χ3v) is 3.73. The molecule has 4 nitrogen and oxygen atoms in total. The Hall–Kier alpha value is -0.610. The van der Waals surface area contributed by atoms with E-state index < -0.39 is 0 Å². The molecule has 1 saturated carbocycles. The highest BCUT2D eigenvalue weighted by Gasteiger charge is 2.28. The number of nitrogens with two attached hydrogens (primary N) is 1. The molecule has 1 saturated heterocycles. The summed E-state index contributed by atoms with van der Waals surface area (Å²) in [6, 6.07) is 0.243. The van der Waals surface area contributed by atoms with Gasteiger partial charge >= 0.3 is 0 Å². The smallest absolute Gasteiger partial charge is 0.222 e. The molecule has 2 rings (SSSR count). The van der Waals surface area contributed by atoms with Crippen LogP contribution in [-0.4, -0.2) is 43.2 Å². The molecule has 0 unspecified atom stereocenters. The van der Waals surface area contributed by atoms with Gasteiger partial charge in [0.1, 0.15) is 0 Å². The van der Waals surface area contributed by atoms with E-state index in [1.165, 1.54) is 6.42 Å². The molecule has 0 aromatic rings. The van der Waals surface area contributed by atoms with Crippen LogP contribution in [0.5, 0.6) is 0 Å². The topological polar surface area (TPSA) is 55.6 Å². The highest BCUT2D eigenvalue weighted by atomic mass is 16.5. The Labute approximate surface area is 97.1 Å². The summed E-state index contributed by atoms with van der Waals surface area (Å²) in [4.78, 5) is 14.0. The predicted molar refractivity (Wildman–Crippen MR) is 61.9 cm³/mol. The van der Waals surface area contributed by atoms with Gasteiger partial charge in [0, 0.05) is 32.2 Å². The fraction of sp³-hybridized carbons (Fsp3) is 0.917. The molecular weight excluding hydrogens is 204 g/mol. The lowest BCUT2D eigenvalue weighted by Crippen LogP contribution is -2.36. The van der Waals surface area contributed by atoms with Crippen LogP contribution in [0, 0.1) is 5.92 Å². The molecule has 2 N–H and O–H groups in total. The van der Waals surface area contributed by atoms with Crippen LogP contribution >= 0.6 is 0 Å². The largest absolute Gasteiger partial charge is 0.380 e. The van der Waals surface area contributed by atoms with E-state index in [1.54, 1.807) is 0 Å². The summed E-state index contributed by atoms with van der Waals surface area (Å²) in [6.45, 7) is 3.07. The molecule has 4 heteroatoms. The van der Waals surface area contributed by atoms with Crippen molar-refractivity contribution in [3.8, 4) is 0 Å². The molecule has 2 atom stereocenters. The maximum atomic E-state index is 12.1. The van der Waals surface area contributed by atoms with E-state index in [1.807, 2.05) is 4.90 Å². The van der Waals surface area contributed by atoms with E-state index >= 15 is 0 Å². The van der Waals surface area contributed by atoms with Crippen molar-refractivity contribution in [3.63, 3.8) is 0 Å². The molecule has 1 heterocycles. The Morgan fingerprint density at radius 3 is 2.88 bits per heavy atom. The summed E-state index contributed by atoms with van der Waals surface area (Å²) in [5, 5.41) is 0. The van der Waals surface area contributed by atoms with E-state index in [9.17, 15) is 4.79 Å². The lowest BCUT2D eigenvalue weighted by molar-refractivity contribution is -0.132. The summed E-state index contributed by atoms with van der Waals surface area (Å²) in [5.41, 5.74) is 5.99. The summed E-state index contributed by atoms with van der Waals surface area (Å²) < 4.78 is 5.35. The van der Waals surface area contributed by atoms with Crippen LogP contribution in [0.2, 0.25) is 0 Å². The molecule has 16 heavy (non-hydrogen) atoms. The van der Waals surface area contributed by atoms with Gasteiger partial charge in [-0.25, -0.2) is 0 Å². The zero-order valence-corrected chi connectivity index (χ0v) is 9.86. The number of amides is 1. The van der Waals surface area contributed by atoms with Gasteiger partial charge in [0.15, 0.2) is 0 Å². The van der Waals surface area contributed by atoms with E-state index in [0.717, 1.165) is 39.0 Å². The number of hydrogen-bond acceptors (Lipinski definition) is 3. The van der Waals surface area contributed by atoms with Gasteiger partial charge < -0.3 is 15.4 Å². The van der Waals surface area contributed by atoms with Crippen molar-refractivity contribution in [2.75, 3.05) is 26.3 Å². The summed E-state index contributed by atoms with van der Waals surface area (Å²) in [7, 11) is 0. The Morgan fingerprint density at radius 2 is 2.12 bits per heavy atom. The molecule has 1 aliphatic heterocycles. The zero-order chi connectivity index (χ0) is 11.4. The molecule has 2 fully saturated rings. The first kappa shape index (κ1) is 11.9. The summed E-state index contributed by atoms with van der Waals surface area (Å²) in [5.74, 6) is 0.685. The second-order valence-corrected chi connectivity index (χ2v) is 4.91. The minimum atomic E-state index is 0.243. The van der Waals surface area contributed by atoms with Gasteiger partial charge in [-0.3, -0.25) is 4.79 Å². The lowest BCUT2D eigenvalue weighted by atomic mass is 9.99. The van der Waals surface area contributed by atoms with Crippen molar-refractivity contribution < 1.29 is 9.53 Å². The molecule has 0 bridgehead atoms. The number of hydrogen-bond donors (Lipinski definition) is 1. The highest BCUT2D eigenvalue weighted by molar-refractivity contribution is 5.76. The van der Waals surface area contributed by atoms with Crippen LogP contribution < -0.4 is 5.73 Å². The SMILES string of the molecule is N[C@@H]1CCC[C@H]1CC(=O)N1CCCOCC1. The Bertz CT molecular complexity index is 237. The van der Waals surface area contributed by atoms with Gasteiger partial charge in [0.25, 0.3) is 0 Å². The molecule has 92 valence electrons. The van der Waals surface area contributed by atoms with Crippen molar-refractivity contribution in [1.82, 2.24) is 4.90 Å². The van der Waals surface area contributed by atoms with Crippen LogP contribution in [-0.2, 0) is 9.53 Å². The average Bonchev–Trinajstić information content (AvgIpc) is 2.57. The van der Waals surface area contributed by atoms with Gasteiger partial charge in [-0.1, -0.05) is 6.42 Å². The van der Waals surface area contributed by atoms with Gasteiger partial charge in [0.05, 0.1) is 6.61 Å². The van der Waals surface area contributed by atoms with Gasteiger partial charge in [-0.15, -0.1) is 0 Å². The fourth-order valence-electron chi connectivity index (χ4n) is 2.67. The van der Waals surface area contributed by atoms with E-state index in [4.69, 9.17) is 10.5 Å². The first-order valence-corrected chi connectivity index (χ1v) is 6.38. The number of ether oxygens (including phenoxy) is 1. The van der Waals surface area contributed by atoms with Gasteiger partial charge in [-0.2, -0.15) is 0 Å². The van der Waals surface area contributed by atoms with Crippen molar-refractivity contribution in [3.05, 3.63) is 0 Å². The Balaban J connectivity index is 1.81. The number of nitrogens with zero attached hydrogens (tertiary/aromatic N) is 1. The minimum Gasteiger partial charge on any atom is -0.380 e. The summed E-state index contributed by atoms with van der Waals surface area (Å²) >= 11 is 0. The van der Waals surface area contributed by atoms with Crippen molar-refractivity contribution in [2.45, 2.75) is 38.1 Å². The lowest BCUT2D eigenvalue weighted by Gasteiger charge is -2.23. The van der Waals surface area contributed by atoms with E-state index in [2.05, 4.69) is 0 Å². The summed E-state index contributed by atoms with van der Waals surface area (Å²) in [6.07, 6.45) is 4.99. The van der Waals surface area contributed by atoms with Crippen LogP contribution in [0.15, 0.2) is 0 Å². The molecule has 0 aromatic carbocycles. The van der Waals surface area contributed by atoms with Crippen LogP contribution in [0.25, 0.3) is 0 Å². The zero-order valence-electron chi connectivity index (χ0n) is 9.86. The molecule has 1 amide bonds. The van der Waals surface area contributed by atoms with E-state index in [-0.39, 0.29) is 11.9 Å². The molecule has 0 spiro atoms. The molecule has 0 aromatic heterocycles. The van der Waals surface area contributed by atoms with Crippen LogP contribution in [0.3, 0.4) is 0 Å². The number of rotatable bonds is 2. The second-order valence-electron chi connectivity index (χ2n) is 4.91. The highest BCUT2D eigenvalue weighted by Crippen LogP contribution is 2.27. The molecular formula is C12H22N2O2. The third-order valence-electron chi connectivity index (χ3n) is 3.73. The van der Waals surface area contributed by atoms with Gasteiger partial charge in [0.2, 0.25) is 5.91 Å². The molecule has 2 aliphatic rings. The quantitative estimate of drug-likeness (QED) is 0.756. The Kier molecular flexibility index (Phi) is 4.18. The maximum Gasteiger partial charge on any atom is 0.222 e. The predicted octanol–water partition coefficient (Wildman–Crippen LogP) is 0.753. The van der Waals surface area contributed by atoms with Crippen LogP contribution in [0.1, 0.15) is 32.1 Å². The van der Waals surface area contributed by atoms with Crippen molar-refractivity contribution >= 4 is 5.91 Å². The first-order valence-electron chi connectivity index (χ1n) is 6.38. The van der Waals surface area contributed by atoms with Crippen LogP contribution in [0.4, 0.5) is 0 Å². The Morgan fingerprint density at radius 1 is 1.25 bits per heavy atom. The molecule has 1 aliphatic carbocycles. The fourth-order valence-corrected chi connectivity index (χ4v) is 2.67. The molecule has 0 radical (unpaired) electrons. The monoisotopic (exact) mass is 226 g/mol. The maximum absolute atomic E-state index is 12.1. The number of carbonyl (C=O) groups excluding carboxylic acids is 1. The standard InChI is InChI=1S/C12H22N2O2/c13-11-4-1-3-10(11)9-12(15)14-5-2-7-16-8-6-14/h10-11H,1-9,13H2/t10-,11+/m0/s1. The van der Waals surface area contributed by atoms with Crippen molar-refractivity contribution in [2.24, 2.45) is 11.7 Å².